The van der Waals surface area contributed by atoms with Crippen molar-refractivity contribution in [1.82, 2.24) is 15.2 Å². The monoisotopic (exact) mass is 338 g/mol. The lowest BCUT2D eigenvalue weighted by Gasteiger charge is -2.41. The SMILES string of the molecule is NC1CN(C(=O)NCc2ccc(Br)cn2)CC12CCC2. The molecule has 1 saturated carbocycles. The van der Waals surface area contributed by atoms with Crippen LogP contribution < -0.4 is 11.1 Å². The second-order valence-electron chi connectivity index (χ2n) is 5.83. The number of carbonyl (C=O) groups is 1. The van der Waals surface area contributed by atoms with Crippen LogP contribution in [0.25, 0.3) is 0 Å². The normalized spacial score (nSPS) is 23.7. The van der Waals surface area contributed by atoms with Gasteiger partial charge in [0.1, 0.15) is 0 Å². The molecule has 2 amide bonds. The molecule has 1 aromatic heterocycles. The van der Waals surface area contributed by atoms with E-state index >= 15 is 0 Å². The third kappa shape index (κ3) is 2.54. The molecule has 3 rings (SSSR count). The summed E-state index contributed by atoms with van der Waals surface area (Å²) < 4.78 is 0.935. The molecule has 1 saturated heterocycles. The maximum absolute atomic E-state index is 12.2. The van der Waals surface area contributed by atoms with Gasteiger partial charge >= 0.3 is 6.03 Å². The van der Waals surface area contributed by atoms with Gasteiger partial charge in [0.05, 0.1) is 12.2 Å². The second-order valence-corrected chi connectivity index (χ2v) is 6.75. The highest BCUT2D eigenvalue weighted by Crippen LogP contribution is 2.47. The molecule has 1 unspecified atom stereocenters. The number of likely N-dealkylation sites (tertiary alicyclic amines) is 1. The summed E-state index contributed by atoms with van der Waals surface area (Å²) in [5, 5.41) is 2.92. The van der Waals surface area contributed by atoms with Gasteiger partial charge in [0, 0.05) is 35.2 Å². The average molecular weight is 339 g/mol. The summed E-state index contributed by atoms with van der Waals surface area (Å²) in [5.74, 6) is 0. The van der Waals surface area contributed by atoms with Gasteiger partial charge in [-0.3, -0.25) is 4.98 Å². The van der Waals surface area contributed by atoms with Crippen molar-refractivity contribution in [2.75, 3.05) is 13.1 Å². The van der Waals surface area contributed by atoms with Gasteiger partial charge in [-0.05, 0) is 40.9 Å². The molecule has 3 N–H and O–H groups in total. The van der Waals surface area contributed by atoms with Crippen molar-refractivity contribution in [2.45, 2.75) is 31.8 Å². The van der Waals surface area contributed by atoms with Crippen molar-refractivity contribution < 1.29 is 4.79 Å². The first-order valence-corrected chi connectivity index (χ1v) is 7.77. The van der Waals surface area contributed by atoms with Crippen LogP contribution in [-0.2, 0) is 6.54 Å². The van der Waals surface area contributed by atoms with E-state index in [1.54, 1.807) is 6.20 Å². The smallest absolute Gasteiger partial charge is 0.317 e. The maximum Gasteiger partial charge on any atom is 0.317 e. The first kappa shape index (κ1) is 13.8. The van der Waals surface area contributed by atoms with Crippen molar-refractivity contribution in [1.29, 1.82) is 0 Å². The maximum atomic E-state index is 12.2. The Bertz CT molecular complexity index is 500. The molecule has 1 spiro atoms. The van der Waals surface area contributed by atoms with E-state index < -0.39 is 0 Å². The Kier molecular flexibility index (Phi) is 3.69. The molecular weight excluding hydrogens is 320 g/mol. The topological polar surface area (TPSA) is 71.2 Å². The third-order valence-corrected chi connectivity index (χ3v) is 5.02. The molecule has 0 aromatic carbocycles. The number of amides is 2. The van der Waals surface area contributed by atoms with Crippen molar-refractivity contribution in [3.05, 3.63) is 28.5 Å². The van der Waals surface area contributed by atoms with Crippen LogP contribution >= 0.6 is 15.9 Å². The standard InChI is InChI=1S/C14H19BrN4O/c15-10-2-3-11(17-6-10)7-18-13(20)19-8-12(16)14(9-19)4-1-5-14/h2-3,6,12H,1,4-5,7-9,16H2,(H,18,20). The average Bonchev–Trinajstić information content (AvgIpc) is 2.75. The van der Waals surface area contributed by atoms with Gasteiger partial charge in [-0.1, -0.05) is 6.42 Å². The molecule has 1 aromatic rings. The molecule has 2 heterocycles. The number of nitrogens with zero attached hydrogens (tertiary/aromatic N) is 2. The van der Waals surface area contributed by atoms with E-state index in [0.29, 0.717) is 13.1 Å². The fourth-order valence-electron chi connectivity index (χ4n) is 3.10. The first-order chi connectivity index (χ1) is 9.59. The fourth-order valence-corrected chi connectivity index (χ4v) is 3.33. The van der Waals surface area contributed by atoms with Crippen LogP contribution in [-0.4, -0.2) is 35.0 Å². The van der Waals surface area contributed by atoms with Crippen LogP contribution in [0, 0.1) is 5.41 Å². The number of nitrogens with two attached hydrogens (primary N) is 1. The number of hydrogen-bond donors (Lipinski definition) is 2. The van der Waals surface area contributed by atoms with E-state index in [1.165, 1.54) is 6.42 Å². The minimum atomic E-state index is -0.0334. The Morgan fingerprint density at radius 1 is 1.55 bits per heavy atom. The first-order valence-electron chi connectivity index (χ1n) is 6.98. The highest BCUT2D eigenvalue weighted by Gasteiger charge is 2.49. The molecule has 1 aliphatic carbocycles. The molecule has 0 radical (unpaired) electrons. The van der Waals surface area contributed by atoms with Crippen molar-refractivity contribution in [3.8, 4) is 0 Å². The van der Waals surface area contributed by atoms with Gasteiger partial charge in [0.25, 0.3) is 0 Å². The zero-order chi connectivity index (χ0) is 14.2. The van der Waals surface area contributed by atoms with E-state index in [4.69, 9.17) is 5.73 Å². The van der Waals surface area contributed by atoms with Crippen LogP contribution in [0.5, 0.6) is 0 Å². The van der Waals surface area contributed by atoms with Gasteiger partial charge in [-0.2, -0.15) is 0 Å². The number of carbonyl (C=O) groups excluding carboxylic acids is 1. The summed E-state index contributed by atoms with van der Waals surface area (Å²) in [4.78, 5) is 18.3. The van der Waals surface area contributed by atoms with Crippen LogP contribution in [0.3, 0.4) is 0 Å². The lowest BCUT2D eigenvalue weighted by atomic mass is 9.66. The van der Waals surface area contributed by atoms with Crippen LogP contribution in [0.4, 0.5) is 4.79 Å². The van der Waals surface area contributed by atoms with Crippen LogP contribution in [0.2, 0.25) is 0 Å². The molecular formula is C14H19BrN4O. The Balaban J connectivity index is 1.54. The van der Waals surface area contributed by atoms with E-state index in [9.17, 15) is 4.79 Å². The molecule has 1 aliphatic heterocycles. The van der Waals surface area contributed by atoms with E-state index in [0.717, 1.165) is 29.6 Å². The number of aromatic nitrogens is 1. The van der Waals surface area contributed by atoms with Gasteiger partial charge in [-0.25, -0.2) is 4.79 Å². The molecule has 6 heteroatoms. The minimum absolute atomic E-state index is 0.0334. The van der Waals surface area contributed by atoms with Crippen molar-refractivity contribution >= 4 is 22.0 Å². The van der Waals surface area contributed by atoms with Crippen LogP contribution in [0.15, 0.2) is 22.8 Å². The summed E-state index contributed by atoms with van der Waals surface area (Å²) in [5.41, 5.74) is 7.24. The Hall–Kier alpha value is -1.14. The largest absolute Gasteiger partial charge is 0.332 e. The number of hydrogen-bond acceptors (Lipinski definition) is 3. The second kappa shape index (κ2) is 5.33. The summed E-state index contributed by atoms with van der Waals surface area (Å²) in [6.45, 7) is 1.91. The van der Waals surface area contributed by atoms with Gasteiger partial charge in [-0.15, -0.1) is 0 Å². The summed E-state index contributed by atoms with van der Waals surface area (Å²) >= 11 is 3.34. The number of rotatable bonds is 2. The molecule has 2 fully saturated rings. The molecule has 20 heavy (non-hydrogen) atoms. The summed E-state index contributed by atoms with van der Waals surface area (Å²) in [6.07, 6.45) is 5.29. The Labute approximate surface area is 127 Å². The van der Waals surface area contributed by atoms with Crippen LogP contribution in [0.1, 0.15) is 25.0 Å². The van der Waals surface area contributed by atoms with Gasteiger partial charge in [0.15, 0.2) is 0 Å². The zero-order valence-corrected chi connectivity index (χ0v) is 12.9. The zero-order valence-electron chi connectivity index (χ0n) is 11.3. The van der Waals surface area contributed by atoms with Gasteiger partial charge in [0.2, 0.25) is 0 Å². The predicted octanol–water partition coefficient (Wildman–Crippen LogP) is 1.87. The predicted molar refractivity (Wildman–Crippen MR) is 80.0 cm³/mol. The number of halogens is 1. The molecule has 108 valence electrons. The Morgan fingerprint density at radius 3 is 2.90 bits per heavy atom. The number of nitrogens with one attached hydrogen (secondary N) is 1. The molecule has 1 atom stereocenters. The molecule has 2 aliphatic rings. The van der Waals surface area contributed by atoms with Crippen molar-refractivity contribution in [3.63, 3.8) is 0 Å². The lowest BCUT2D eigenvalue weighted by molar-refractivity contribution is 0.125. The highest BCUT2D eigenvalue weighted by molar-refractivity contribution is 9.10. The summed E-state index contributed by atoms with van der Waals surface area (Å²) in [7, 11) is 0. The minimum Gasteiger partial charge on any atom is -0.332 e. The highest BCUT2D eigenvalue weighted by atomic mass is 79.9. The number of pyridine rings is 1. The Morgan fingerprint density at radius 2 is 2.35 bits per heavy atom. The number of urea groups is 1. The van der Waals surface area contributed by atoms with Crippen molar-refractivity contribution in [2.24, 2.45) is 11.1 Å². The lowest BCUT2D eigenvalue weighted by Crippen LogP contribution is -2.45. The summed E-state index contributed by atoms with van der Waals surface area (Å²) in [6, 6.07) is 3.92. The molecule has 5 nitrogen and oxygen atoms in total. The van der Waals surface area contributed by atoms with E-state index in [-0.39, 0.29) is 17.5 Å². The molecule has 0 bridgehead atoms. The third-order valence-electron chi connectivity index (χ3n) is 4.56. The van der Waals surface area contributed by atoms with E-state index in [2.05, 4.69) is 26.2 Å². The van der Waals surface area contributed by atoms with E-state index in [1.807, 2.05) is 17.0 Å². The quantitative estimate of drug-likeness (QED) is 0.864. The fraction of sp³-hybridized carbons (Fsp3) is 0.571. The van der Waals surface area contributed by atoms with Gasteiger partial charge < -0.3 is 16.0 Å².